The maximum Gasteiger partial charge on any atom is 0 e. The van der Waals surface area contributed by atoms with Crippen molar-refractivity contribution >= 4 is 0 Å². The van der Waals surface area contributed by atoms with Crippen LogP contribution in [0.3, 0.4) is 0 Å². The van der Waals surface area contributed by atoms with Gasteiger partial charge in [-0.2, -0.15) is 0 Å². The summed E-state index contributed by atoms with van der Waals surface area (Å²) in [4.78, 5) is 0. The summed E-state index contributed by atoms with van der Waals surface area (Å²) in [5.41, 5.74) is 0. The Morgan fingerprint density at radius 3 is 1.75 bits per heavy atom. The quantitative estimate of drug-likeness (QED) is 0.395. The molecule has 0 aromatic rings. The van der Waals surface area contributed by atoms with E-state index < -0.39 is 0 Å². The molecule has 0 aromatic heterocycles. The summed E-state index contributed by atoms with van der Waals surface area (Å²) in [6.45, 7) is 3.64. The number of rotatable bonds is 4. The third-order valence-electron chi connectivity index (χ3n) is 0.524. The molecule has 8 heavy (non-hydrogen) atoms. The second kappa shape index (κ2) is 10.5. The van der Waals surface area contributed by atoms with Crippen LogP contribution >= 0.6 is 0 Å². The Hall–Kier alpha value is 0.582. The van der Waals surface area contributed by atoms with Gasteiger partial charge in [-0.05, 0) is 0 Å². The van der Waals surface area contributed by atoms with Crippen molar-refractivity contribution in [1.29, 1.82) is 0 Å². The van der Waals surface area contributed by atoms with Crippen LogP contribution in [0.2, 0.25) is 0 Å². The maximum absolute atomic E-state index is 3.38. The monoisotopic (exact) mass is 204 g/mol. The van der Waals surface area contributed by atoms with Crippen molar-refractivity contribution in [2.24, 2.45) is 0 Å². The first-order valence-corrected chi connectivity index (χ1v) is 2.10. The van der Waals surface area contributed by atoms with Gasteiger partial charge in [0.05, 0.1) is 0 Å². The zero-order chi connectivity index (χ0) is 5.54. The largest absolute Gasteiger partial charge is 0.623 e. The molecule has 0 saturated carbocycles. The van der Waals surface area contributed by atoms with Crippen molar-refractivity contribution in [3.05, 3.63) is 27.2 Å². The SMILES string of the molecule is [CH2-]N[CH-]C[CH-]N[CH2-].[Pd]. The van der Waals surface area contributed by atoms with E-state index in [-0.39, 0.29) is 20.4 Å². The number of hydrogen-bond donors (Lipinski definition) is 2. The molecule has 0 fully saturated rings. The smallest absolute Gasteiger partial charge is 0 e. The zero-order valence-corrected chi connectivity index (χ0v) is 6.15. The molecule has 2 nitrogen and oxygen atoms in total. The maximum atomic E-state index is 3.38. The van der Waals surface area contributed by atoms with Crippen LogP contribution in [-0.4, -0.2) is 0 Å². The predicted molar refractivity (Wildman–Crippen MR) is 30.2 cm³/mol. The third-order valence-corrected chi connectivity index (χ3v) is 0.524. The minimum atomic E-state index is 0. The van der Waals surface area contributed by atoms with E-state index in [1.165, 1.54) is 0 Å². The molecule has 0 aromatic carbocycles. The molecule has 0 radical (unpaired) electrons. The van der Waals surface area contributed by atoms with Crippen LogP contribution in [0.5, 0.6) is 0 Å². The zero-order valence-electron chi connectivity index (χ0n) is 4.59. The first-order chi connectivity index (χ1) is 3.41. The summed E-state index contributed by atoms with van der Waals surface area (Å²) in [6, 6.07) is 0. The fourth-order valence-corrected chi connectivity index (χ4v) is 0.226. The van der Waals surface area contributed by atoms with Gasteiger partial charge in [-0.15, -0.1) is 0 Å². The van der Waals surface area contributed by atoms with Gasteiger partial charge in [-0.25, -0.2) is 0 Å². The minimum Gasteiger partial charge on any atom is -0.623 e. The molecule has 0 saturated heterocycles. The Kier molecular flexibility index (Phi) is 15.0. The molecule has 0 aliphatic rings. The topological polar surface area (TPSA) is 24.1 Å². The van der Waals surface area contributed by atoms with Gasteiger partial charge in [-0.1, -0.05) is 0 Å². The van der Waals surface area contributed by atoms with Crippen molar-refractivity contribution in [3.63, 3.8) is 0 Å². The summed E-state index contributed by atoms with van der Waals surface area (Å²) >= 11 is 0. The van der Waals surface area contributed by atoms with Crippen molar-refractivity contribution in [3.8, 4) is 0 Å². The molecule has 0 unspecified atom stereocenters. The average molecular weight is 205 g/mol. The van der Waals surface area contributed by atoms with Gasteiger partial charge >= 0.3 is 0 Å². The number of nitrogens with one attached hydrogen (secondary N) is 2. The second-order valence-corrected chi connectivity index (χ2v) is 1.05. The van der Waals surface area contributed by atoms with Crippen LogP contribution in [0.4, 0.5) is 0 Å². The van der Waals surface area contributed by atoms with Crippen molar-refractivity contribution in [2.45, 2.75) is 6.42 Å². The summed E-state index contributed by atoms with van der Waals surface area (Å²) in [5.74, 6) is 0. The molecule has 3 heteroatoms. The molecule has 0 spiro atoms. The molecule has 54 valence electrons. The Morgan fingerprint density at radius 2 is 1.50 bits per heavy atom. The second-order valence-electron chi connectivity index (χ2n) is 1.05. The average Bonchev–Trinajstić information content (AvgIpc) is 1.69. The predicted octanol–water partition coefficient (Wildman–Crippen LogP) is 0.460. The minimum absolute atomic E-state index is 0. The van der Waals surface area contributed by atoms with Crippen LogP contribution in [0.15, 0.2) is 0 Å². The summed E-state index contributed by atoms with van der Waals surface area (Å²) in [7, 11) is 6.77. The van der Waals surface area contributed by atoms with Crippen molar-refractivity contribution in [2.75, 3.05) is 0 Å². The van der Waals surface area contributed by atoms with E-state index >= 15 is 0 Å². The van der Waals surface area contributed by atoms with Gasteiger partial charge in [0.25, 0.3) is 0 Å². The molecule has 0 amide bonds. The molecule has 0 aliphatic carbocycles. The van der Waals surface area contributed by atoms with Gasteiger partial charge in [0.15, 0.2) is 0 Å². The first-order valence-electron chi connectivity index (χ1n) is 2.10. The van der Waals surface area contributed by atoms with E-state index in [2.05, 4.69) is 24.7 Å². The molecule has 0 aliphatic heterocycles. The van der Waals surface area contributed by atoms with Crippen LogP contribution in [0.1, 0.15) is 6.42 Å². The molecule has 0 bridgehead atoms. The first kappa shape index (κ1) is 11.4. The molecule has 0 atom stereocenters. The fraction of sp³-hybridized carbons (Fsp3) is 0.200. The number of hydrogen-bond acceptors (Lipinski definition) is 2. The molecule has 2 N–H and O–H groups in total. The third kappa shape index (κ3) is 9.77. The fourth-order valence-electron chi connectivity index (χ4n) is 0.226. The van der Waals surface area contributed by atoms with E-state index in [0.29, 0.717) is 0 Å². The summed E-state index contributed by atoms with van der Waals surface area (Å²) in [6.07, 6.45) is 0.840. The van der Waals surface area contributed by atoms with Crippen LogP contribution in [0.25, 0.3) is 0 Å². The van der Waals surface area contributed by atoms with Crippen LogP contribution in [-0.2, 0) is 20.4 Å². The Labute approximate surface area is 65.1 Å². The van der Waals surface area contributed by atoms with Gasteiger partial charge in [0, 0.05) is 20.4 Å². The van der Waals surface area contributed by atoms with Crippen LogP contribution < -0.4 is 10.6 Å². The molecular formula is C5H10N2Pd-4. The van der Waals surface area contributed by atoms with Gasteiger partial charge in [0.1, 0.15) is 0 Å². The van der Waals surface area contributed by atoms with Gasteiger partial charge < -0.3 is 37.8 Å². The van der Waals surface area contributed by atoms with Gasteiger partial charge in [-0.3, -0.25) is 6.42 Å². The Balaban J connectivity index is 0. The van der Waals surface area contributed by atoms with E-state index in [9.17, 15) is 0 Å². The summed E-state index contributed by atoms with van der Waals surface area (Å²) < 4.78 is 0. The van der Waals surface area contributed by atoms with Crippen molar-refractivity contribution < 1.29 is 20.4 Å². The standard InChI is InChI=1S/C5H10N2.Pd/c1-6-4-3-5-7-2;/h4-7H,1-3H2;/q-4;. The summed E-state index contributed by atoms with van der Waals surface area (Å²) in [5, 5.41) is 5.26. The molecule has 0 rings (SSSR count). The Bertz CT molecular complexity index is 29.6. The van der Waals surface area contributed by atoms with Gasteiger partial charge in [0.2, 0.25) is 0 Å². The normalized spacial score (nSPS) is 8.25. The van der Waals surface area contributed by atoms with E-state index in [1.54, 1.807) is 0 Å². The molecule has 0 heterocycles. The van der Waals surface area contributed by atoms with Crippen LogP contribution in [0, 0.1) is 27.2 Å². The van der Waals surface area contributed by atoms with E-state index in [4.69, 9.17) is 0 Å². The molecular weight excluding hydrogens is 194 g/mol. The van der Waals surface area contributed by atoms with E-state index in [0.717, 1.165) is 6.42 Å². The van der Waals surface area contributed by atoms with Crippen molar-refractivity contribution in [1.82, 2.24) is 10.6 Å². The van der Waals surface area contributed by atoms with E-state index in [1.807, 2.05) is 13.1 Å². The Morgan fingerprint density at radius 1 is 1.12 bits per heavy atom.